The van der Waals surface area contributed by atoms with Gasteiger partial charge in [0.25, 0.3) is 0 Å². The van der Waals surface area contributed by atoms with E-state index >= 15 is 0 Å². The van der Waals surface area contributed by atoms with E-state index in [0.29, 0.717) is 10.9 Å². The minimum atomic E-state index is 0.514. The number of benzene rings is 1. The lowest BCUT2D eigenvalue weighted by Gasteiger charge is -1.97. The van der Waals surface area contributed by atoms with Crippen molar-refractivity contribution in [1.29, 1.82) is 0 Å². The monoisotopic (exact) mass is 246 g/mol. The van der Waals surface area contributed by atoms with Gasteiger partial charge in [0.1, 0.15) is 5.82 Å². The standard InChI is InChI=1S/C12H14N4S/c1-2-9-3-5-10(6-4-9)7-14-16-12-15-11(13)8-17-12/h3-8H,2,13H2,1H3,(H,15,16). The van der Waals surface area contributed by atoms with Crippen LogP contribution in [0.5, 0.6) is 0 Å². The molecule has 1 aromatic carbocycles. The second-order valence-electron chi connectivity index (χ2n) is 3.54. The molecule has 2 rings (SSSR count). The third kappa shape index (κ3) is 3.29. The van der Waals surface area contributed by atoms with Crippen LogP contribution in [0.15, 0.2) is 34.7 Å². The first-order chi connectivity index (χ1) is 8.28. The molecule has 0 saturated heterocycles. The quantitative estimate of drug-likeness (QED) is 0.644. The van der Waals surface area contributed by atoms with E-state index in [1.165, 1.54) is 16.9 Å². The zero-order valence-corrected chi connectivity index (χ0v) is 10.4. The Hall–Kier alpha value is -1.88. The van der Waals surface area contributed by atoms with Gasteiger partial charge < -0.3 is 5.73 Å². The average Bonchev–Trinajstić information content (AvgIpc) is 2.76. The van der Waals surface area contributed by atoms with Crippen LogP contribution >= 0.6 is 11.3 Å². The molecule has 1 aromatic heterocycles. The Morgan fingerprint density at radius 2 is 2.18 bits per heavy atom. The van der Waals surface area contributed by atoms with Gasteiger partial charge in [-0.1, -0.05) is 31.2 Å². The maximum absolute atomic E-state index is 5.50. The van der Waals surface area contributed by atoms with E-state index in [1.54, 1.807) is 11.6 Å². The number of hydrogen-bond donors (Lipinski definition) is 2. The van der Waals surface area contributed by atoms with Gasteiger partial charge in [-0.3, -0.25) is 5.43 Å². The number of aromatic nitrogens is 1. The van der Waals surface area contributed by atoms with Crippen LogP contribution in [0.25, 0.3) is 0 Å². The highest BCUT2D eigenvalue weighted by Crippen LogP contribution is 2.16. The van der Waals surface area contributed by atoms with Gasteiger partial charge in [0.15, 0.2) is 0 Å². The number of thiazole rings is 1. The normalized spacial score (nSPS) is 10.9. The van der Waals surface area contributed by atoms with Crippen molar-refractivity contribution in [2.45, 2.75) is 13.3 Å². The molecule has 0 atom stereocenters. The van der Waals surface area contributed by atoms with Crippen molar-refractivity contribution in [3.05, 3.63) is 40.8 Å². The van der Waals surface area contributed by atoms with E-state index < -0.39 is 0 Å². The summed E-state index contributed by atoms with van der Waals surface area (Å²) in [5.41, 5.74) is 10.7. The van der Waals surface area contributed by atoms with Gasteiger partial charge in [-0.05, 0) is 17.5 Å². The Morgan fingerprint density at radius 3 is 2.76 bits per heavy atom. The summed E-state index contributed by atoms with van der Waals surface area (Å²) >= 11 is 1.43. The van der Waals surface area contributed by atoms with Gasteiger partial charge in [0.2, 0.25) is 5.13 Å². The lowest BCUT2D eigenvalue weighted by Crippen LogP contribution is -1.91. The molecule has 0 aliphatic rings. The molecule has 88 valence electrons. The summed E-state index contributed by atoms with van der Waals surface area (Å²) < 4.78 is 0. The molecule has 0 bridgehead atoms. The summed E-state index contributed by atoms with van der Waals surface area (Å²) in [4.78, 5) is 4.04. The maximum atomic E-state index is 5.50. The van der Waals surface area contributed by atoms with Crippen molar-refractivity contribution in [1.82, 2.24) is 4.98 Å². The van der Waals surface area contributed by atoms with Crippen LogP contribution in [0.3, 0.4) is 0 Å². The maximum Gasteiger partial charge on any atom is 0.205 e. The number of nitrogens with two attached hydrogens (primary N) is 1. The molecule has 0 radical (unpaired) electrons. The summed E-state index contributed by atoms with van der Waals surface area (Å²) in [6.07, 6.45) is 2.81. The number of rotatable bonds is 4. The molecule has 0 spiro atoms. The van der Waals surface area contributed by atoms with Crippen LogP contribution in [-0.2, 0) is 6.42 Å². The third-order valence-electron chi connectivity index (χ3n) is 2.28. The van der Waals surface area contributed by atoms with Crippen molar-refractivity contribution < 1.29 is 0 Å². The van der Waals surface area contributed by atoms with Crippen LogP contribution in [-0.4, -0.2) is 11.2 Å². The van der Waals surface area contributed by atoms with Gasteiger partial charge in [0.05, 0.1) is 6.21 Å². The number of nitrogens with one attached hydrogen (secondary N) is 1. The molecule has 2 aromatic rings. The largest absolute Gasteiger partial charge is 0.383 e. The Labute approximate surface area is 104 Å². The molecule has 4 nitrogen and oxygen atoms in total. The first kappa shape index (κ1) is 11.6. The zero-order chi connectivity index (χ0) is 12.1. The average molecular weight is 246 g/mol. The summed E-state index contributed by atoms with van der Waals surface area (Å²) in [7, 11) is 0. The van der Waals surface area contributed by atoms with Gasteiger partial charge in [0, 0.05) is 5.38 Å². The highest BCUT2D eigenvalue weighted by Gasteiger charge is 1.95. The van der Waals surface area contributed by atoms with Crippen LogP contribution in [0, 0.1) is 0 Å². The number of anilines is 2. The molecule has 0 aliphatic carbocycles. The molecule has 0 aliphatic heterocycles. The second-order valence-corrected chi connectivity index (χ2v) is 4.40. The first-order valence-corrected chi connectivity index (χ1v) is 6.25. The zero-order valence-electron chi connectivity index (χ0n) is 9.55. The van der Waals surface area contributed by atoms with Crippen LogP contribution in [0.2, 0.25) is 0 Å². The first-order valence-electron chi connectivity index (χ1n) is 5.37. The van der Waals surface area contributed by atoms with Crippen molar-refractivity contribution in [2.75, 3.05) is 11.2 Å². The van der Waals surface area contributed by atoms with Gasteiger partial charge in [-0.25, -0.2) is 4.98 Å². The summed E-state index contributed by atoms with van der Waals surface area (Å²) in [5.74, 6) is 0.514. The highest BCUT2D eigenvalue weighted by molar-refractivity contribution is 7.14. The molecule has 5 heteroatoms. The van der Waals surface area contributed by atoms with Gasteiger partial charge in [-0.2, -0.15) is 5.10 Å². The lowest BCUT2D eigenvalue weighted by atomic mass is 10.1. The molecule has 0 saturated carbocycles. The van der Waals surface area contributed by atoms with E-state index in [-0.39, 0.29) is 0 Å². The Morgan fingerprint density at radius 1 is 1.41 bits per heavy atom. The molecule has 0 fully saturated rings. The number of hydrogen-bond acceptors (Lipinski definition) is 5. The molecular weight excluding hydrogens is 232 g/mol. The van der Waals surface area contributed by atoms with E-state index in [1.807, 2.05) is 12.1 Å². The van der Waals surface area contributed by atoms with E-state index in [0.717, 1.165) is 12.0 Å². The summed E-state index contributed by atoms with van der Waals surface area (Å²) in [6, 6.07) is 8.28. The lowest BCUT2D eigenvalue weighted by molar-refractivity contribution is 1.14. The van der Waals surface area contributed by atoms with Crippen LogP contribution < -0.4 is 11.2 Å². The fourth-order valence-corrected chi connectivity index (χ4v) is 1.89. The third-order valence-corrected chi connectivity index (χ3v) is 3.05. The number of nitrogen functional groups attached to an aromatic ring is 1. The summed E-state index contributed by atoms with van der Waals surface area (Å²) in [5, 5.41) is 6.57. The molecule has 1 heterocycles. The van der Waals surface area contributed by atoms with Crippen molar-refractivity contribution >= 4 is 28.5 Å². The number of aryl methyl sites for hydroxylation is 1. The number of nitrogens with zero attached hydrogens (tertiary/aromatic N) is 2. The van der Waals surface area contributed by atoms with Crippen molar-refractivity contribution in [2.24, 2.45) is 5.10 Å². The smallest absolute Gasteiger partial charge is 0.205 e. The van der Waals surface area contributed by atoms with Crippen molar-refractivity contribution in [3.8, 4) is 0 Å². The predicted molar refractivity (Wildman–Crippen MR) is 73.6 cm³/mol. The van der Waals surface area contributed by atoms with Gasteiger partial charge in [-0.15, -0.1) is 11.3 Å². The van der Waals surface area contributed by atoms with E-state index in [2.05, 4.69) is 34.6 Å². The molecule has 0 unspecified atom stereocenters. The van der Waals surface area contributed by atoms with E-state index in [4.69, 9.17) is 5.73 Å². The Balaban J connectivity index is 1.95. The van der Waals surface area contributed by atoms with E-state index in [9.17, 15) is 0 Å². The van der Waals surface area contributed by atoms with Gasteiger partial charge >= 0.3 is 0 Å². The Bertz CT molecular complexity index is 501. The fraction of sp³-hybridized carbons (Fsp3) is 0.167. The molecule has 0 amide bonds. The SMILES string of the molecule is CCc1ccc(C=NNc2nc(N)cs2)cc1. The fourth-order valence-electron chi connectivity index (χ4n) is 1.34. The molecular formula is C12H14N4S. The topological polar surface area (TPSA) is 63.3 Å². The van der Waals surface area contributed by atoms with Crippen molar-refractivity contribution in [3.63, 3.8) is 0 Å². The predicted octanol–water partition coefficient (Wildman–Crippen LogP) is 2.73. The minimum Gasteiger partial charge on any atom is -0.383 e. The molecule has 3 N–H and O–H groups in total. The van der Waals surface area contributed by atoms with Crippen LogP contribution in [0.4, 0.5) is 10.9 Å². The summed E-state index contributed by atoms with van der Waals surface area (Å²) in [6.45, 7) is 2.14. The molecule has 17 heavy (non-hydrogen) atoms. The minimum absolute atomic E-state index is 0.514. The Kier molecular flexibility index (Phi) is 3.72. The van der Waals surface area contributed by atoms with Crippen LogP contribution in [0.1, 0.15) is 18.1 Å². The second kappa shape index (κ2) is 5.45. The highest BCUT2D eigenvalue weighted by atomic mass is 32.1. The number of hydrazone groups is 1.